The Hall–Kier alpha value is -5.00. The van der Waals surface area contributed by atoms with Gasteiger partial charge in [-0.25, -0.2) is 0 Å². The predicted octanol–water partition coefficient (Wildman–Crippen LogP) is 3.75. The predicted molar refractivity (Wildman–Crippen MR) is 160 cm³/mol. The number of benzene rings is 4. The van der Waals surface area contributed by atoms with Crippen LogP contribution in [-0.4, -0.2) is 76.6 Å². The standard InChI is InChI=1S/C32H29N5O6/c1-18(35-29(38)23-9-3-6-20-7-4-10-24(27(20)23)30(35)39)16-33-12-13-34-17-19(2)36-31(40)25-11-5-8-21-14-22(37(42)43)15-26(28(21)25)32(36)41/h3-11,14-15,18-19,33-34H,12-13,16-17H2,1-2H3/t18-,19-/m0/s1. The molecule has 4 amide bonds. The summed E-state index contributed by atoms with van der Waals surface area (Å²) in [7, 11) is 0. The third kappa shape index (κ3) is 4.72. The molecule has 0 saturated carbocycles. The number of nitrogens with zero attached hydrogens (tertiary/aromatic N) is 3. The largest absolute Gasteiger partial charge is 0.313 e. The fraction of sp³-hybridized carbons (Fsp3) is 0.250. The number of amides is 4. The molecule has 43 heavy (non-hydrogen) atoms. The molecule has 0 spiro atoms. The third-order valence-corrected chi connectivity index (χ3v) is 8.11. The van der Waals surface area contributed by atoms with Gasteiger partial charge >= 0.3 is 0 Å². The van der Waals surface area contributed by atoms with E-state index in [9.17, 15) is 29.3 Å². The molecule has 0 aliphatic carbocycles. The molecule has 2 N–H and O–H groups in total. The maximum absolute atomic E-state index is 13.4. The van der Waals surface area contributed by atoms with Gasteiger partial charge in [-0.05, 0) is 42.8 Å². The maximum atomic E-state index is 13.4. The van der Waals surface area contributed by atoms with Crippen molar-refractivity contribution in [2.75, 3.05) is 26.2 Å². The number of imide groups is 2. The summed E-state index contributed by atoms with van der Waals surface area (Å²) in [5.41, 5.74) is 1.31. The van der Waals surface area contributed by atoms with E-state index in [4.69, 9.17) is 0 Å². The molecule has 11 nitrogen and oxygen atoms in total. The Bertz CT molecular complexity index is 1800. The van der Waals surface area contributed by atoms with E-state index in [2.05, 4.69) is 10.6 Å². The van der Waals surface area contributed by atoms with Crippen LogP contribution in [0.15, 0.2) is 66.7 Å². The van der Waals surface area contributed by atoms with Gasteiger partial charge < -0.3 is 10.6 Å². The number of carbonyl (C=O) groups excluding carboxylic acids is 4. The van der Waals surface area contributed by atoms with Crippen molar-refractivity contribution in [2.45, 2.75) is 25.9 Å². The Morgan fingerprint density at radius 3 is 1.53 bits per heavy atom. The zero-order valence-corrected chi connectivity index (χ0v) is 23.6. The fourth-order valence-corrected chi connectivity index (χ4v) is 6.05. The summed E-state index contributed by atoms with van der Waals surface area (Å²) in [6, 6.07) is 17.5. The van der Waals surface area contributed by atoms with Crippen LogP contribution in [-0.2, 0) is 0 Å². The minimum atomic E-state index is -0.563. The molecule has 4 aromatic carbocycles. The van der Waals surface area contributed by atoms with E-state index in [1.165, 1.54) is 17.0 Å². The highest BCUT2D eigenvalue weighted by atomic mass is 16.6. The molecule has 0 unspecified atom stereocenters. The van der Waals surface area contributed by atoms with Crippen LogP contribution >= 0.6 is 0 Å². The zero-order chi connectivity index (χ0) is 30.4. The lowest BCUT2D eigenvalue weighted by atomic mass is 9.92. The van der Waals surface area contributed by atoms with Crippen LogP contribution in [0.3, 0.4) is 0 Å². The summed E-state index contributed by atoms with van der Waals surface area (Å²) in [4.78, 5) is 66.5. The number of nitrogens with one attached hydrogen (secondary N) is 2. The number of hydrogen-bond donors (Lipinski definition) is 2. The first-order valence-corrected chi connectivity index (χ1v) is 14.1. The quantitative estimate of drug-likeness (QED) is 0.125. The van der Waals surface area contributed by atoms with Crippen molar-refractivity contribution in [3.05, 3.63) is 99.1 Å². The van der Waals surface area contributed by atoms with E-state index in [1.54, 1.807) is 37.3 Å². The van der Waals surface area contributed by atoms with E-state index in [-0.39, 0.29) is 23.1 Å². The van der Waals surface area contributed by atoms with Gasteiger partial charge in [0.25, 0.3) is 29.3 Å². The second-order valence-corrected chi connectivity index (χ2v) is 10.9. The summed E-state index contributed by atoms with van der Waals surface area (Å²) < 4.78 is 0. The van der Waals surface area contributed by atoms with E-state index in [0.717, 1.165) is 10.3 Å². The number of non-ortho nitro benzene ring substituents is 1. The molecular formula is C32H29N5O6. The second-order valence-electron chi connectivity index (χ2n) is 10.9. The fourth-order valence-electron chi connectivity index (χ4n) is 6.05. The highest BCUT2D eigenvalue weighted by molar-refractivity contribution is 6.26. The van der Waals surface area contributed by atoms with Gasteiger partial charge in [0, 0.05) is 77.9 Å². The molecule has 0 saturated heterocycles. The number of rotatable bonds is 10. The first-order valence-electron chi connectivity index (χ1n) is 14.1. The first kappa shape index (κ1) is 28.1. The van der Waals surface area contributed by atoms with E-state index >= 15 is 0 Å². The topological polar surface area (TPSA) is 142 Å². The number of nitro groups is 1. The minimum absolute atomic E-state index is 0.141. The molecule has 0 bridgehead atoms. The Labute approximate surface area is 246 Å². The van der Waals surface area contributed by atoms with Gasteiger partial charge in [0.05, 0.1) is 10.5 Å². The van der Waals surface area contributed by atoms with Gasteiger partial charge in [0.2, 0.25) is 0 Å². The van der Waals surface area contributed by atoms with Crippen molar-refractivity contribution in [3.8, 4) is 0 Å². The summed E-state index contributed by atoms with van der Waals surface area (Å²) in [5, 5.41) is 20.4. The summed E-state index contributed by atoms with van der Waals surface area (Å²) in [6.07, 6.45) is 0. The number of hydrogen-bond acceptors (Lipinski definition) is 8. The van der Waals surface area contributed by atoms with Gasteiger partial charge in [0.15, 0.2) is 0 Å². The first-order chi connectivity index (χ1) is 20.7. The van der Waals surface area contributed by atoms with E-state index < -0.39 is 28.8 Å². The van der Waals surface area contributed by atoms with Crippen molar-refractivity contribution >= 4 is 50.9 Å². The summed E-state index contributed by atoms with van der Waals surface area (Å²) in [5.74, 6) is -1.62. The van der Waals surface area contributed by atoms with Crippen LogP contribution in [0.4, 0.5) is 5.69 Å². The second kappa shape index (κ2) is 11.0. The molecular weight excluding hydrogens is 550 g/mol. The van der Waals surface area contributed by atoms with Crippen LogP contribution in [0, 0.1) is 10.1 Å². The lowest BCUT2D eigenvalue weighted by Crippen LogP contribution is -2.51. The molecule has 218 valence electrons. The van der Waals surface area contributed by atoms with Gasteiger partial charge in [-0.3, -0.25) is 39.1 Å². The Morgan fingerprint density at radius 1 is 0.651 bits per heavy atom. The van der Waals surface area contributed by atoms with Crippen molar-refractivity contribution in [2.24, 2.45) is 0 Å². The average Bonchev–Trinajstić information content (AvgIpc) is 3.00. The molecule has 2 aliphatic heterocycles. The molecule has 2 heterocycles. The zero-order valence-electron chi connectivity index (χ0n) is 23.6. The smallest absolute Gasteiger partial charge is 0.270 e. The number of nitro benzene ring substituents is 1. The monoisotopic (exact) mass is 579 g/mol. The summed E-state index contributed by atoms with van der Waals surface area (Å²) in [6.45, 7) is 5.26. The Kier molecular flexibility index (Phi) is 7.20. The van der Waals surface area contributed by atoms with Crippen LogP contribution < -0.4 is 10.6 Å². The van der Waals surface area contributed by atoms with Crippen LogP contribution in [0.5, 0.6) is 0 Å². The Balaban J connectivity index is 1.04. The molecule has 11 heteroatoms. The van der Waals surface area contributed by atoms with Gasteiger partial charge in [-0.2, -0.15) is 0 Å². The van der Waals surface area contributed by atoms with Crippen molar-refractivity contribution in [1.29, 1.82) is 0 Å². The molecule has 0 aromatic heterocycles. The van der Waals surface area contributed by atoms with Crippen molar-refractivity contribution in [3.63, 3.8) is 0 Å². The molecule has 4 aromatic rings. The number of carbonyl (C=O) groups is 4. The summed E-state index contributed by atoms with van der Waals surface area (Å²) >= 11 is 0. The van der Waals surface area contributed by atoms with E-state index in [1.807, 2.05) is 31.2 Å². The maximum Gasteiger partial charge on any atom is 0.270 e. The third-order valence-electron chi connectivity index (χ3n) is 8.11. The van der Waals surface area contributed by atoms with Crippen LogP contribution in [0.1, 0.15) is 55.3 Å². The molecule has 0 fully saturated rings. The van der Waals surface area contributed by atoms with Gasteiger partial charge in [0.1, 0.15) is 0 Å². The molecule has 6 rings (SSSR count). The lowest BCUT2D eigenvalue weighted by molar-refractivity contribution is -0.384. The van der Waals surface area contributed by atoms with Crippen molar-refractivity contribution in [1.82, 2.24) is 20.4 Å². The van der Waals surface area contributed by atoms with Gasteiger partial charge in [-0.15, -0.1) is 0 Å². The molecule has 2 atom stereocenters. The van der Waals surface area contributed by atoms with E-state index in [0.29, 0.717) is 59.0 Å². The minimum Gasteiger partial charge on any atom is -0.313 e. The van der Waals surface area contributed by atoms with Crippen molar-refractivity contribution < 1.29 is 24.1 Å². The lowest BCUT2D eigenvalue weighted by Gasteiger charge is -2.32. The van der Waals surface area contributed by atoms with Crippen LogP contribution in [0.2, 0.25) is 0 Å². The SMILES string of the molecule is C[C@@H](CNCCNC[C@H](C)N1C(=O)c2cccc3cc([N+](=O)[O-])cc(c23)C1=O)N1C(=O)c2cccc3cccc(c23)C1=O. The average molecular weight is 580 g/mol. The normalized spacial score (nSPS) is 15.9. The molecule has 0 radical (unpaired) electrons. The highest BCUT2D eigenvalue weighted by Gasteiger charge is 2.37. The van der Waals surface area contributed by atoms with Crippen LogP contribution in [0.25, 0.3) is 21.5 Å². The highest BCUT2D eigenvalue weighted by Crippen LogP contribution is 2.34. The molecule has 2 aliphatic rings. The van der Waals surface area contributed by atoms with Gasteiger partial charge in [-0.1, -0.05) is 36.4 Å². The Morgan fingerprint density at radius 2 is 1.07 bits per heavy atom.